The summed E-state index contributed by atoms with van der Waals surface area (Å²) < 4.78 is 0. The molecule has 4 nitrogen and oxygen atoms in total. The van der Waals surface area contributed by atoms with E-state index in [0.29, 0.717) is 18.4 Å². The first-order chi connectivity index (χ1) is 9.61. The van der Waals surface area contributed by atoms with E-state index in [4.69, 9.17) is 5.11 Å². The third-order valence-corrected chi connectivity index (χ3v) is 4.00. The van der Waals surface area contributed by atoms with Gasteiger partial charge in [0, 0.05) is 11.6 Å². The molecule has 0 bridgehead atoms. The third kappa shape index (κ3) is 3.38. The summed E-state index contributed by atoms with van der Waals surface area (Å²) in [4.78, 5) is 23.4. The molecule has 1 aromatic carbocycles. The van der Waals surface area contributed by atoms with Gasteiger partial charge in [-0.25, -0.2) is 0 Å². The largest absolute Gasteiger partial charge is 0.481 e. The van der Waals surface area contributed by atoms with Crippen molar-refractivity contribution in [2.24, 2.45) is 5.92 Å². The lowest BCUT2D eigenvalue weighted by molar-refractivity contribution is -0.143. The quantitative estimate of drug-likeness (QED) is 0.887. The van der Waals surface area contributed by atoms with Gasteiger partial charge in [0.25, 0.3) is 5.91 Å². The average molecular weight is 275 g/mol. The van der Waals surface area contributed by atoms with Crippen LogP contribution in [0.1, 0.15) is 48.5 Å². The van der Waals surface area contributed by atoms with E-state index in [0.717, 1.165) is 24.8 Å². The van der Waals surface area contributed by atoms with E-state index in [1.165, 1.54) is 0 Å². The molecule has 0 aromatic heterocycles. The molecular formula is C16H21NO3. The first-order valence-corrected chi connectivity index (χ1v) is 7.23. The maximum Gasteiger partial charge on any atom is 0.306 e. The van der Waals surface area contributed by atoms with Crippen LogP contribution in [0.15, 0.2) is 24.3 Å². The zero-order chi connectivity index (χ0) is 14.5. The van der Waals surface area contributed by atoms with Crippen molar-refractivity contribution < 1.29 is 14.7 Å². The number of hydrogen-bond donors (Lipinski definition) is 2. The van der Waals surface area contributed by atoms with Crippen molar-refractivity contribution in [1.82, 2.24) is 5.32 Å². The summed E-state index contributed by atoms with van der Waals surface area (Å²) in [6.45, 7) is 2.02. The summed E-state index contributed by atoms with van der Waals surface area (Å²) in [6, 6.07) is 7.54. The molecule has 2 rings (SSSR count). The van der Waals surface area contributed by atoms with Crippen molar-refractivity contribution in [3.63, 3.8) is 0 Å². The lowest BCUT2D eigenvalue weighted by Gasteiger charge is -2.27. The predicted octanol–water partition coefficient (Wildman–Crippen LogP) is 2.62. The molecule has 108 valence electrons. The van der Waals surface area contributed by atoms with Crippen molar-refractivity contribution in [1.29, 1.82) is 0 Å². The van der Waals surface area contributed by atoms with E-state index >= 15 is 0 Å². The molecule has 1 fully saturated rings. The normalized spacial score (nSPS) is 22.2. The van der Waals surface area contributed by atoms with Gasteiger partial charge in [-0.2, -0.15) is 0 Å². The van der Waals surface area contributed by atoms with Crippen LogP contribution >= 0.6 is 0 Å². The fourth-order valence-corrected chi connectivity index (χ4v) is 2.86. The number of nitrogens with one attached hydrogen (secondary N) is 1. The highest BCUT2D eigenvalue weighted by Crippen LogP contribution is 2.24. The Hall–Kier alpha value is -1.84. The molecular weight excluding hydrogens is 254 g/mol. The van der Waals surface area contributed by atoms with E-state index in [-0.39, 0.29) is 17.9 Å². The minimum atomic E-state index is -0.752. The molecule has 0 spiro atoms. The van der Waals surface area contributed by atoms with E-state index in [2.05, 4.69) is 5.32 Å². The molecule has 0 radical (unpaired) electrons. The van der Waals surface area contributed by atoms with Crippen LogP contribution in [0.25, 0.3) is 0 Å². The monoisotopic (exact) mass is 275 g/mol. The van der Waals surface area contributed by atoms with Gasteiger partial charge in [-0.05, 0) is 37.3 Å². The lowest BCUT2D eigenvalue weighted by atomic mass is 9.85. The summed E-state index contributed by atoms with van der Waals surface area (Å²) in [5, 5.41) is 12.1. The van der Waals surface area contributed by atoms with Crippen LogP contribution in [-0.4, -0.2) is 23.0 Å². The molecule has 0 heterocycles. The predicted molar refractivity (Wildman–Crippen MR) is 76.7 cm³/mol. The van der Waals surface area contributed by atoms with Crippen molar-refractivity contribution in [3.05, 3.63) is 35.4 Å². The van der Waals surface area contributed by atoms with Crippen LogP contribution in [0.4, 0.5) is 0 Å². The number of carboxylic acids is 1. The summed E-state index contributed by atoms with van der Waals surface area (Å²) in [6.07, 6.45) is 3.79. The maximum atomic E-state index is 12.3. The molecule has 2 unspecified atom stereocenters. The molecule has 2 N–H and O–H groups in total. The highest BCUT2D eigenvalue weighted by molar-refractivity contribution is 5.95. The number of aryl methyl sites for hydroxylation is 1. The first-order valence-electron chi connectivity index (χ1n) is 7.23. The molecule has 1 aromatic rings. The number of carboxylic acid groups (broad SMARTS) is 1. The van der Waals surface area contributed by atoms with Gasteiger partial charge >= 0.3 is 5.97 Å². The van der Waals surface area contributed by atoms with Gasteiger partial charge in [-0.1, -0.05) is 31.5 Å². The number of rotatable bonds is 4. The Morgan fingerprint density at radius 3 is 2.75 bits per heavy atom. The molecule has 4 heteroatoms. The van der Waals surface area contributed by atoms with E-state index in [9.17, 15) is 9.59 Å². The maximum absolute atomic E-state index is 12.3. The number of aliphatic carboxylic acids is 1. The van der Waals surface area contributed by atoms with Gasteiger partial charge in [-0.15, -0.1) is 0 Å². The van der Waals surface area contributed by atoms with E-state index in [1.807, 2.05) is 31.2 Å². The Labute approximate surface area is 119 Å². The standard InChI is InChI=1S/C16H21NO3/c1-2-11-6-3-4-9-14(11)15(18)17-13-8-5-7-12(10-13)16(19)20/h3-4,6,9,12-13H,2,5,7-8,10H2,1H3,(H,17,18)(H,19,20). The molecule has 1 aliphatic carbocycles. The fourth-order valence-electron chi connectivity index (χ4n) is 2.86. The van der Waals surface area contributed by atoms with Crippen molar-refractivity contribution >= 4 is 11.9 Å². The number of carbonyl (C=O) groups excluding carboxylic acids is 1. The van der Waals surface area contributed by atoms with E-state index in [1.54, 1.807) is 0 Å². The number of benzene rings is 1. The van der Waals surface area contributed by atoms with Gasteiger partial charge in [-0.3, -0.25) is 9.59 Å². The molecule has 2 atom stereocenters. The number of amides is 1. The number of hydrogen-bond acceptors (Lipinski definition) is 2. The second kappa shape index (κ2) is 6.55. The van der Waals surface area contributed by atoms with Crippen LogP contribution in [0.5, 0.6) is 0 Å². The van der Waals surface area contributed by atoms with Crippen LogP contribution in [0.3, 0.4) is 0 Å². The zero-order valence-corrected chi connectivity index (χ0v) is 11.8. The molecule has 0 saturated heterocycles. The van der Waals surface area contributed by atoms with Gasteiger partial charge < -0.3 is 10.4 Å². The van der Waals surface area contributed by atoms with Crippen molar-refractivity contribution in [2.45, 2.75) is 45.1 Å². The minimum absolute atomic E-state index is 0.0257. The topological polar surface area (TPSA) is 66.4 Å². The van der Waals surface area contributed by atoms with Crippen LogP contribution in [-0.2, 0) is 11.2 Å². The second-order valence-electron chi connectivity index (χ2n) is 5.38. The molecule has 20 heavy (non-hydrogen) atoms. The minimum Gasteiger partial charge on any atom is -0.481 e. The summed E-state index contributed by atoms with van der Waals surface area (Å²) >= 11 is 0. The first kappa shape index (κ1) is 14.6. The number of carbonyl (C=O) groups is 2. The van der Waals surface area contributed by atoms with Crippen molar-refractivity contribution in [3.8, 4) is 0 Å². The van der Waals surface area contributed by atoms with Gasteiger partial charge in [0.15, 0.2) is 0 Å². The Morgan fingerprint density at radius 1 is 1.30 bits per heavy atom. The van der Waals surface area contributed by atoms with Crippen LogP contribution in [0.2, 0.25) is 0 Å². The highest BCUT2D eigenvalue weighted by Gasteiger charge is 2.28. The smallest absolute Gasteiger partial charge is 0.306 e. The summed E-state index contributed by atoms with van der Waals surface area (Å²) in [7, 11) is 0. The molecule has 1 saturated carbocycles. The SMILES string of the molecule is CCc1ccccc1C(=O)NC1CCCC(C(=O)O)C1. The van der Waals surface area contributed by atoms with E-state index < -0.39 is 5.97 Å². The Morgan fingerprint density at radius 2 is 2.05 bits per heavy atom. The zero-order valence-electron chi connectivity index (χ0n) is 11.8. The van der Waals surface area contributed by atoms with Gasteiger partial charge in [0.1, 0.15) is 0 Å². The van der Waals surface area contributed by atoms with Crippen LogP contribution < -0.4 is 5.32 Å². The summed E-state index contributed by atoms with van der Waals surface area (Å²) in [5.74, 6) is -1.16. The van der Waals surface area contributed by atoms with Gasteiger partial charge in [0.05, 0.1) is 5.92 Å². The molecule has 1 amide bonds. The lowest BCUT2D eigenvalue weighted by Crippen LogP contribution is -2.40. The third-order valence-electron chi connectivity index (χ3n) is 4.00. The van der Waals surface area contributed by atoms with Crippen LogP contribution in [0, 0.1) is 5.92 Å². The second-order valence-corrected chi connectivity index (χ2v) is 5.38. The van der Waals surface area contributed by atoms with Gasteiger partial charge in [0.2, 0.25) is 0 Å². The molecule has 0 aliphatic heterocycles. The fraction of sp³-hybridized carbons (Fsp3) is 0.500. The Bertz CT molecular complexity index is 498. The average Bonchev–Trinajstić information content (AvgIpc) is 2.47. The highest BCUT2D eigenvalue weighted by atomic mass is 16.4. The van der Waals surface area contributed by atoms with Crippen molar-refractivity contribution in [2.75, 3.05) is 0 Å². The summed E-state index contributed by atoms with van der Waals surface area (Å²) in [5.41, 5.74) is 1.73. The Balaban J connectivity index is 2.02. The Kier molecular flexibility index (Phi) is 4.77. The molecule has 1 aliphatic rings.